The van der Waals surface area contributed by atoms with Gasteiger partial charge in [-0.3, -0.25) is 9.59 Å². The van der Waals surface area contributed by atoms with Crippen LogP contribution in [0.25, 0.3) is 0 Å². The third kappa shape index (κ3) is 4.15. The van der Waals surface area contributed by atoms with E-state index >= 15 is 0 Å². The van der Waals surface area contributed by atoms with Crippen molar-refractivity contribution >= 4 is 23.3 Å². The standard InChI is InChI=1S/C19H28N4O3/c1-19(2,3)18(25)23-8-4-5-15(23)17(24)21-16-7-6-14(13-20-16)22-9-11-26-12-10-22/h6-7,13,15H,4-5,8-12H2,1-3H3,(H,20,21,24)/t15-/m1/s1. The number of nitrogens with zero attached hydrogens (tertiary/aromatic N) is 3. The Morgan fingerprint density at radius 3 is 2.54 bits per heavy atom. The van der Waals surface area contributed by atoms with Crippen LogP contribution in [0.2, 0.25) is 0 Å². The first-order chi connectivity index (χ1) is 12.4. The minimum absolute atomic E-state index is 0.0192. The van der Waals surface area contributed by atoms with Crippen molar-refractivity contribution in [3.8, 4) is 0 Å². The smallest absolute Gasteiger partial charge is 0.248 e. The van der Waals surface area contributed by atoms with E-state index in [2.05, 4.69) is 15.2 Å². The molecule has 2 aliphatic heterocycles. The quantitative estimate of drug-likeness (QED) is 0.891. The van der Waals surface area contributed by atoms with Gasteiger partial charge in [-0.1, -0.05) is 20.8 Å². The maximum absolute atomic E-state index is 12.7. The van der Waals surface area contributed by atoms with Gasteiger partial charge >= 0.3 is 0 Å². The minimum Gasteiger partial charge on any atom is -0.378 e. The summed E-state index contributed by atoms with van der Waals surface area (Å²) in [6, 6.07) is 3.36. The van der Waals surface area contributed by atoms with Gasteiger partial charge in [0.15, 0.2) is 0 Å². The van der Waals surface area contributed by atoms with Gasteiger partial charge in [-0.05, 0) is 25.0 Å². The van der Waals surface area contributed by atoms with E-state index in [-0.39, 0.29) is 11.8 Å². The van der Waals surface area contributed by atoms with E-state index in [9.17, 15) is 9.59 Å². The first-order valence-electron chi connectivity index (χ1n) is 9.27. The molecule has 2 fully saturated rings. The highest BCUT2D eigenvalue weighted by Crippen LogP contribution is 2.26. The van der Waals surface area contributed by atoms with Crippen LogP contribution in [0.3, 0.4) is 0 Å². The van der Waals surface area contributed by atoms with Gasteiger partial charge in [0.2, 0.25) is 11.8 Å². The number of hydrogen-bond donors (Lipinski definition) is 1. The fourth-order valence-electron chi connectivity index (χ4n) is 3.39. The van der Waals surface area contributed by atoms with Crippen LogP contribution in [0.1, 0.15) is 33.6 Å². The fraction of sp³-hybridized carbons (Fsp3) is 0.632. The van der Waals surface area contributed by atoms with Crippen LogP contribution in [0.15, 0.2) is 18.3 Å². The zero-order chi connectivity index (χ0) is 18.7. The number of carbonyl (C=O) groups is 2. The molecule has 0 radical (unpaired) electrons. The summed E-state index contributed by atoms with van der Waals surface area (Å²) in [7, 11) is 0. The summed E-state index contributed by atoms with van der Waals surface area (Å²) in [6.07, 6.45) is 3.32. The lowest BCUT2D eigenvalue weighted by molar-refractivity contribution is -0.143. The summed E-state index contributed by atoms with van der Waals surface area (Å²) in [4.78, 5) is 33.5. The summed E-state index contributed by atoms with van der Waals surface area (Å²) in [6.45, 7) is 9.42. The molecule has 0 bridgehead atoms. The number of aromatic nitrogens is 1. The van der Waals surface area contributed by atoms with Crippen LogP contribution in [0.4, 0.5) is 11.5 Å². The maximum Gasteiger partial charge on any atom is 0.248 e. The van der Waals surface area contributed by atoms with Gasteiger partial charge in [-0.2, -0.15) is 0 Å². The fourth-order valence-corrected chi connectivity index (χ4v) is 3.39. The number of rotatable bonds is 3. The largest absolute Gasteiger partial charge is 0.378 e. The molecule has 3 heterocycles. The number of amides is 2. The zero-order valence-corrected chi connectivity index (χ0v) is 15.8. The molecule has 2 saturated heterocycles. The molecule has 142 valence electrons. The summed E-state index contributed by atoms with van der Waals surface area (Å²) in [5, 5.41) is 2.86. The van der Waals surface area contributed by atoms with Gasteiger partial charge in [-0.15, -0.1) is 0 Å². The Morgan fingerprint density at radius 2 is 1.92 bits per heavy atom. The van der Waals surface area contributed by atoms with Gasteiger partial charge in [0.1, 0.15) is 11.9 Å². The molecule has 1 atom stereocenters. The van der Waals surface area contributed by atoms with Crippen molar-refractivity contribution in [2.24, 2.45) is 5.41 Å². The van der Waals surface area contributed by atoms with Crippen LogP contribution in [0, 0.1) is 5.41 Å². The number of morpholine rings is 1. The highest BCUT2D eigenvalue weighted by atomic mass is 16.5. The second-order valence-corrected chi connectivity index (χ2v) is 7.90. The number of hydrogen-bond acceptors (Lipinski definition) is 5. The molecule has 7 nitrogen and oxygen atoms in total. The van der Waals surface area contributed by atoms with Crippen LogP contribution in [0.5, 0.6) is 0 Å². The number of carbonyl (C=O) groups excluding carboxylic acids is 2. The average molecular weight is 360 g/mol. The van der Waals surface area contributed by atoms with Gasteiger partial charge in [0.25, 0.3) is 0 Å². The number of nitrogens with one attached hydrogen (secondary N) is 1. The highest BCUT2D eigenvalue weighted by Gasteiger charge is 2.38. The van der Waals surface area contributed by atoms with Crippen molar-refractivity contribution < 1.29 is 14.3 Å². The SMILES string of the molecule is CC(C)(C)C(=O)N1CCC[C@@H]1C(=O)Nc1ccc(N2CCOCC2)cn1. The molecule has 0 spiro atoms. The minimum atomic E-state index is -0.485. The Bertz CT molecular complexity index is 648. The first-order valence-corrected chi connectivity index (χ1v) is 9.27. The van der Waals surface area contributed by atoms with Crippen LogP contribution < -0.4 is 10.2 Å². The molecule has 26 heavy (non-hydrogen) atoms. The van der Waals surface area contributed by atoms with Crippen molar-refractivity contribution in [2.75, 3.05) is 43.1 Å². The normalized spacial score (nSPS) is 21.0. The average Bonchev–Trinajstić information content (AvgIpc) is 3.11. The van der Waals surface area contributed by atoms with Gasteiger partial charge < -0.3 is 19.9 Å². The summed E-state index contributed by atoms with van der Waals surface area (Å²) >= 11 is 0. The highest BCUT2D eigenvalue weighted by molar-refractivity contribution is 5.97. The Labute approximate surface area is 154 Å². The van der Waals surface area contributed by atoms with Crippen molar-refractivity contribution in [3.05, 3.63) is 18.3 Å². The van der Waals surface area contributed by atoms with E-state index in [1.54, 1.807) is 11.1 Å². The molecule has 2 amide bonds. The Hall–Kier alpha value is -2.15. The summed E-state index contributed by atoms with van der Waals surface area (Å²) in [5.74, 6) is 0.375. The number of ether oxygens (including phenoxy) is 1. The van der Waals surface area contributed by atoms with Crippen molar-refractivity contribution in [3.63, 3.8) is 0 Å². The first kappa shape index (κ1) is 18.6. The second-order valence-electron chi connectivity index (χ2n) is 7.90. The third-order valence-electron chi connectivity index (χ3n) is 4.83. The molecule has 0 aliphatic carbocycles. The van der Waals surface area contributed by atoms with Crippen LogP contribution in [-0.2, 0) is 14.3 Å². The van der Waals surface area contributed by atoms with E-state index in [1.807, 2.05) is 32.9 Å². The molecule has 0 aromatic carbocycles. The number of anilines is 2. The lowest BCUT2D eigenvalue weighted by Crippen LogP contribution is -2.47. The van der Waals surface area contributed by atoms with E-state index in [4.69, 9.17) is 4.74 Å². The van der Waals surface area contributed by atoms with E-state index in [0.29, 0.717) is 18.8 Å². The Morgan fingerprint density at radius 1 is 1.19 bits per heavy atom. The molecule has 3 rings (SSSR count). The predicted octanol–water partition coefficient (Wildman–Crippen LogP) is 1.89. The van der Waals surface area contributed by atoms with Crippen LogP contribution >= 0.6 is 0 Å². The van der Waals surface area contributed by atoms with Crippen molar-refractivity contribution in [1.82, 2.24) is 9.88 Å². The van der Waals surface area contributed by atoms with Gasteiger partial charge in [-0.25, -0.2) is 4.98 Å². The summed E-state index contributed by atoms with van der Waals surface area (Å²) < 4.78 is 5.36. The zero-order valence-electron chi connectivity index (χ0n) is 15.8. The Balaban J connectivity index is 1.63. The molecule has 1 aromatic heterocycles. The molecular formula is C19H28N4O3. The lowest BCUT2D eigenvalue weighted by Gasteiger charge is -2.30. The third-order valence-corrected chi connectivity index (χ3v) is 4.83. The molecular weight excluding hydrogens is 332 g/mol. The number of pyridine rings is 1. The number of likely N-dealkylation sites (tertiary alicyclic amines) is 1. The molecule has 1 N–H and O–H groups in total. The van der Waals surface area contributed by atoms with E-state index < -0.39 is 11.5 Å². The lowest BCUT2D eigenvalue weighted by atomic mass is 9.94. The molecule has 2 aliphatic rings. The second kappa shape index (κ2) is 7.61. The van der Waals surface area contributed by atoms with Crippen molar-refractivity contribution in [1.29, 1.82) is 0 Å². The summed E-state index contributed by atoms with van der Waals surface area (Å²) in [5.41, 5.74) is 0.540. The molecule has 7 heteroatoms. The van der Waals surface area contributed by atoms with E-state index in [0.717, 1.165) is 38.4 Å². The van der Waals surface area contributed by atoms with E-state index in [1.165, 1.54) is 0 Å². The monoisotopic (exact) mass is 360 g/mol. The molecule has 0 saturated carbocycles. The Kier molecular flexibility index (Phi) is 5.46. The van der Waals surface area contributed by atoms with Crippen molar-refractivity contribution in [2.45, 2.75) is 39.7 Å². The van der Waals surface area contributed by atoms with Gasteiger partial charge in [0.05, 0.1) is 25.1 Å². The predicted molar refractivity (Wildman–Crippen MR) is 100 cm³/mol. The van der Waals surface area contributed by atoms with Gasteiger partial charge in [0, 0.05) is 25.0 Å². The topological polar surface area (TPSA) is 74.8 Å². The van der Waals surface area contributed by atoms with Crippen LogP contribution in [-0.4, -0.2) is 60.6 Å². The maximum atomic E-state index is 12.7. The molecule has 1 aromatic rings. The molecule has 0 unspecified atom stereocenters.